The van der Waals surface area contributed by atoms with Gasteiger partial charge >= 0.3 is 5.97 Å². The van der Waals surface area contributed by atoms with Crippen molar-refractivity contribution in [2.75, 3.05) is 13.2 Å². The fraction of sp³-hybridized carbons (Fsp3) is 0.889. The molecule has 4 saturated carbocycles. The maximum absolute atomic E-state index is 14.7. The van der Waals surface area contributed by atoms with Gasteiger partial charge in [0, 0.05) is 17.3 Å². The van der Waals surface area contributed by atoms with Crippen LogP contribution in [0.15, 0.2) is 11.6 Å². The van der Waals surface area contributed by atoms with Gasteiger partial charge in [-0.15, -0.1) is 0 Å². The number of aliphatic hydroxyl groups excluding tert-OH is 8. The maximum atomic E-state index is 14.7. The third-order valence-electron chi connectivity index (χ3n) is 15.2. The summed E-state index contributed by atoms with van der Waals surface area (Å²) in [4.78, 5) is 29.1. The lowest BCUT2D eigenvalue weighted by Gasteiger charge is -2.71. The smallest absolute Gasteiger partial charge is 0.315 e. The molecule has 0 amide bonds. The largest absolute Gasteiger partial charge is 0.432 e. The standard InChI is InChI=1S/C36H56O12/c1-31(2)9-11-36(30(46)48-29-25(43)24(42)23(41)20(15-37)47-29)12-10-34(5)17(22(36)28(31)45)13-18(39)26-32(3)14-19(40)27(44)33(4,16-38)21(32)7-8-35(26,34)6/h13,19-29,37-38,40-45H,7-12,14-16H2,1-6H3/t19-,20-,21-,22-,23-,24+,25-,26-,27+,28+,29+,32+,33-,34-,35-,36+/m1/s1. The predicted octanol–water partition coefficient (Wildman–Crippen LogP) is 0.585. The molecule has 5 fully saturated rings. The molecule has 1 heterocycles. The summed E-state index contributed by atoms with van der Waals surface area (Å²) in [5.74, 6) is -2.49. The number of allylic oxidation sites excluding steroid dienone is 1. The van der Waals surface area contributed by atoms with Gasteiger partial charge in [0.05, 0.1) is 36.9 Å². The monoisotopic (exact) mass is 680 g/mol. The molecule has 272 valence electrons. The minimum absolute atomic E-state index is 0.158. The van der Waals surface area contributed by atoms with Crippen LogP contribution < -0.4 is 0 Å². The van der Waals surface area contributed by atoms with Crippen LogP contribution in [-0.4, -0.2) is 115 Å². The van der Waals surface area contributed by atoms with Gasteiger partial charge in [0.2, 0.25) is 6.29 Å². The zero-order chi connectivity index (χ0) is 35.6. The van der Waals surface area contributed by atoms with Crippen molar-refractivity contribution in [2.24, 2.45) is 50.2 Å². The number of rotatable bonds is 4. The van der Waals surface area contributed by atoms with E-state index in [0.717, 1.165) is 0 Å². The molecule has 0 bridgehead atoms. The molecule has 0 radical (unpaired) electrons. The van der Waals surface area contributed by atoms with Crippen LogP contribution in [0, 0.1) is 50.2 Å². The summed E-state index contributed by atoms with van der Waals surface area (Å²) < 4.78 is 11.3. The Morgan fingerprint density at radius 2 is 1.52 bits per heavy atom. The van der Waals surface area contributed by atoms with E-state index in [1.54, 1.807) is 13.0 Å². The summed E-state index contributed by atoms with van der Waals surface area (Å²) in [5, 5.41) is 85.8. The molecular formula is C36H56O12. The SMILES string of the molecule is CC1(C)CC[C@]2(C(=O)O[C@@H]3O[C@H](CO)[C@@H](O)[C@H](O)[C@H]3O)CC[C@]3(C)C(=CC(=O)[C@@H]4[C@@]5(C)C[C@@H](O)[C@H](O)[C@](C)(CO)[C@@H]5CC[C@]43C)[C@@H]2[C@@H]1O. The Labute approximate surface area is 282 Å². The highest BCUT2D eigenvalue weighted by Gasteiger charge is 2.73. The van der Waals surface area contributed by atoms with Crippen molar-refractivity contribution in [3.8, 4) is 0 Å². The second-order valence-electron chi connectivity index (χ2n) is 17.8. The van der Waals surface area contributed by atoms with Gasteiger partial charge in [0.15, 0.2) is 5.78 Å². The normalized spacial score (nSPS) is 54.6. The lowest BCUT2D eigenvalue weighted by molar-refractivity contribution is -0.298. The number of carbonyl (C=O) groups excluding carboxylic acids is 2. The third kappa shape index (κ3) is 4.59. The van der Waals surface area contributed by atoms with Gasteiger partial charge in [0.1, 0.15) is 24.4 Å². The highest BCUT2D eigenvalue weighted by molar-refractivity contribution is 5.96. The first-order chi connectivity index (χ1) is 22.2. The van der Waals surface area contributed by atoms with Crippen LogP contribution in [-0.2, 0) is 19.1 Å². The first-order valence-electron chi connectivity index (χ1n) is 17.6. The molecule has 0 aromatic rings. The summed E-state index contributed by atoms with van der Waals surface area (Å²) >= 11 is 0. The molecule has 0 unspecified atom stereocenters. The van der Waals surface area contributed by atoms with Gasteiger partial charge < -0.3 is 50.3 Å². The minimum Gasteiger partial charge on any atom is -0.432 e. The van der Waals surface area contributed by atoms with Gasteiger partial charge in [-0.3, -0.25) is 9.59 Å². The molecule has 6 aliphatic rings. The highest BCUT2D eigenvalue weighted by atomic mass is 16.7. The number of ketones is 1. The molecule has 0 aromatic carbocycles. The topological polar surface area (TPSA) is 214 Å². The van der Waals surface area contributed by atoms with Crippen molar-refractivity contribution < 1.29 is 59.9 Å². The number of fused-ring (bicyclic) bond motifs is 7. The lowest BCUT2D eigenvalue weighted by Crippen LogP contribution is -2.70. The average Bonchev–Trinajstić information content (AvgIpc) is 3.02. The molecule has 48 heavy (non-hydrogen) atoms. The quantitative estimate of drug-likeness (QED) is 0.192. The Balaban J connectivity index is 1.42. The van der Waals surface area contributed by atoms with Crippen molar-refractivity contribution in [3.05, 3.63) is 11.6 Å². The van der Waals surface area contributed by atoms with Crippen LogP contribution in [0.4, 0.5) is 0 Å². The van der Waals surface area contributed by atoms with Crippen LogP contribution >= 0.6 is 0 Å². The zero-order valence-electron chi connectivity index (χ0n) is 29.0. The number of ether oxygens (including phenoxy) is 2. The van der Waals surface area contributed by atoms with Gasteiger partial charge in [0.25, 0.3) is 0 Å². The van der Waals surface area contributed by atoms with Crippen LogP contribution in [0.3, 0.4) is 0 Å². The predicted molar refractivity (Wildman–Crippen MR) is 169 cm³/mol. The third-order valence-corrected chi connectivity index (χ3v) is 15.2. The van der Waals surface area contributed by atoms with E-state index >= 15 is 0 Å². The van der Waals surface area contributed by atoms with Gasteiger partial charge in [-0.05, 0) is 78.6 Å². The highest BCUT2D eigenvalue weighted by Crippen LogP contribution is 2.75. The number of hydrogen-bond acceptors (Lipinski definition) is 12. The number of esters is 1. The van der Waals surface area contributed by atoms with E-state index in [2.05, 4.69) is 13.8 Å². The van der Waals surface area contributed by atoms with E-state index in [4.69, 9.17) is 9.47 Å². The van der Waals surface area contributed by atoms with Crippen molar-refractivity contribution in [3.63, 3.8) is 0 Å². The van der Waals surface area contributed by atoms with Gasteiger partial charge in [-0.25, -0.2) is 0 Å². The summed E-state index contributed by atoms with van der Waals surface area (Å²) in [6.45, 7) is 10.9. The van der Waals surface area contributed by atoms with Crippen molar-refractivity contribution in [1.29, 1.82) is 0 Å². The molecular weight excluding hydrogens is 624 g/mol. The molecule has 6 rings (SSSR count). The molecule has 1 saturated heterocycles. The zero-order valence-corrected chi connectivity index (χ0v) is 29.0. The first-order valence-corrected chi connectivity index (χ1v) is 17.6. The maximum Gasteiger partial charge on any atom is 0.315 e. The van der Waals surface area contributed by atoms with Crippen molar-refractivity contribution >= 4 is 11.8 Å². The van der Waals surface area contributed by atoms with E-state index < -0.39 is 106 Å². The number of aliphatic hydroxyl groups is 8. The molecule has 12 heteroatoms. The fourth-order valence-corrected chi connectivity index (χ4v) is 12.0. The first kappa shape index (κ1) is 36.3. The van der Waals surface area contributed by atoms with E-state index in [-0.39, 0.29) is 24.7 Å². The molecule has 0 spiro atoms. The van der Waals surface area contributed by atoms with E-state index in [1.165, 1.54) is 0 Å². The summed E-state index contributed by atoms with van der Waals surface area (Å²) in [6, 6.07) is 0. The van der Waals surface area contributed by atoms with E-state index in [1.807, 2.05) is 20.8 Å². The molecule has 5 aliphatic carbocycles. The Kier molecular flexibility index (Phi) is 8.71. The van der Waals surface area contributed by atoms with E-state index in [9.17, 15) is 50.4 Å². The molecule has 8 N–H and O–H groups in total. The average molecular weight is 681 g/mol. The molecule has 16 atom stereocenters. The fourth-order valence-electron chi connectivity index (χ4n) is 12.0. The summed E-state index contributed by atoms with van der Waals surface area (Å²) in [5.41, 5.74) is -4.26. The Hall–Kier alpha value is -1.48. The number of carbonyl (C=O) groups is 2. The van der Waals surface area contributed by atoms with Crippen molar-refractivity contribution in [2.45, 2.75) is 136 Å². The van der Waals surface area contributed by atoms with Gasteiger partial charge in [-0.2, -0.15) is 0 Å². The molecule has 1 aliphatic heterocycles. The molecule has 12 nitrogen and oxygen atoms in total. The minimum atomic E-state index is -1.78. The molecule has 0 aromatic heterocycles. The summed E-state index contributed by atoms with van der Waals surface area (Å²) in [6.07, 6.45) is -6.71. The second kappa shape index (κ2) is 11.5. The van der Waals surface area contributed by atoms with Gasteiger partial charge in [-0.1, -0.05) is 47.1 Å². The van der Waals surface area contributed by atoms with Crippen molar-refractivity contribution in [1.82, 2.24) is 0 Å². The van der Waals surface area contributed by atoms with Crippen LogP contribution in [0.2, 0.25) is 0 Å². The van der Waals surface area contributed by atoms with Crippen LogP contribution in [0.5, 0.6) is 0 Å². The number of hydrogen-bond donors (Lipinski definition) is 8. The Morgan fingerprint density at radius 1 is 0.875 bits per heavy atom. The Morgan fingerprint density at radius 3 is 2.15 bits per heavy atom. The Bertz CT molecular complexity index is 1350. The summed E-state index contributed by atoms with van der Waals surface area (Å²) in [7, 11) is 0. The van der Waals surface area contributed by atoms with E-state index in [0.29, 0.717) is 44.1 Å². The lowest BCUT2D eigenvalue weighted by atomic mass is 9.33. The van der Waals surface area contributed by atoms with Crippen LogP contribution in [0.25, 0.3) is 0 Å². The second-order valence-corrected chi connectivity index (χ2v) is 17.8. The van der Waals surface area contributed by atoms with Crippen LogP contribution in [0.1, 0.15) is 86.5 Å².